The van der Waals surface area contributed by atoms with Crippen molar-refractivity contribution in [1.29, 1.82) is 0 Å². The zero-order valence-electron chi connectivity index (χ0n) is 23.2. The summed E-state index contributed by atoms with van der Waals surface area (Å²) in [4.78, 5) is 57.5. The van der Waals surface area contributed by atoms with Crippen molar-refractivity contribution >= 4 is 29.8 Å². The number of benzene rings is 1. The molecular formula is C27H43N7O5. The number of aliphatic imine (C=N–C) groups is 1. The highest BCUT2D eigenvalue weighted by Gasteiger charge is 2.38. The van der Waals surface area contributed by atoms with Crippen molar-refractivity contribution in [2.75, 3.05) is 19.6 Å². The molecule has 0 unspecified atom stereocenters. The molecule has 0 radical (unpaired) electrons. The fraction of sp³-hybridized carbons (Fsp3) is 0.593. The van der Waals surface area contributed by atoms with Crippen molar-refractivity contribution in [3.63, 3.8) is 0 Å². The summed E-state index contributed by atoms with van der Waals surface area (Å²) >= 11 is 0. The van der Waals surface area contributed by atoms with E-state index >= 15 is 0 Å². The van der Waals surface area contributed by atoms with E-state index in [9.17, 15) is 19.2 Å². The first kappa shape index (κ1) is 31.4. The van der Waals surface area contributed by atoms with Gasteiger partial charge in [0.1, 0.15) is 24.7 Å². The minimum Gasteiger partial charge on any atom is -0.445 e. The van der Waals surface area contributed by atoms with Crippen LogP contribution in [0.5, 0.6) is 0 Å². The van der Waals surface area contributed by atoms with Crippen LogP contribution in [0.4, 0.5) is 4.79 Å². The quantitative estimate of drug-likeness (QED) is 0.131. The van der Waals surface area contributed by atoms with E-state index in [0.717, 1.165) is 5.56 Å². The molecule has 1 saturated heterocycles. The van der Waals surface area contributed by atoms with Gasteiger partial charge in [-0.2, -0.15) is 0 Å². The van der Waals surface area contributed by atoms with E-state index in [1.165, 1.54) is 4.90 Å². The molecule has 2 rings (SSSR count). The number of rotatable bonds is 14. The number of likely N-dealkylation sites (N-methyl/N-ethyl adjacent to an activating group) is 1. The number of carbonyl (C=O) groups excluding carboxylic acids is 4. The molecule has 0 aromatic heterocycles. The first-order chi connectivity index (χ1) is 18.6. The molecule has 1 aliphatic heterocycles. The van der Waals surface area contributed by atoms with Gasteiger partial charge in [0, 0.05) is 19.6 Å². The summed E-state index contributed by atoms with van der Waals surface area (Å²) < 4.78 is 5.30. The van der Waals surface area contributed by atoms with Gasteiger partial charge in [-0.3, -0.25) is 19.4 Å². The van der Waals surface area contributed by atoms with Gasteiger partial charge in [-0.05, 0) is 50.5 Å². The zero-order valence-corrected chi connectivity index (χ0v) is 23.2. The van der Waals surface area contributed by atoms with Gasteiger partial charge in [0.25, 0.3) is 0 Å². The molecule has 1 aliphatic rings. The average molecular weight is 546 g/mol. The Morgan fingerprint density at radius 1 is 1.10 bits per heavy atom. The lowest BCUT2D eigenvalue weighted by atomic mass is 10.0. The lowest BCUT2D eigenvalue weighted by Gasteiger charge is -2.30. The van der Waals surface area contributed by atoms with Gasteiger partial charge in [0.15, 0.2) is 5.96 Å². The van der Waals surface area contributed by atoms with Gasteiger partial charge in [-0.1, -0.05) is 44.2 Å². The lowest BCUT2D eigenvalue weighted by molar-refractivity contribution is -0.141. The molecule has 4 amide bonds. The average Bonchev–Trinajstić information content (AvgIpc) is 3.39. The van der Waals surface area contributed by atoms with Crippen LogP contribution < -0.4 is 27.4 Å². The molecule has 12 nitrogen and oxygen atoms in total. The highest BCUT2D eigenvalue weighted by Crippen LogP contribution is 2.20. The molecule has 1 fully saturated rings. The molecule has 0 saturated carbocycles. The van der Waals surface area contributed by atoms with Crippen LogP contribution in [-0.4, -0.2) is 72.4 Å². The van der Waals surface area contributed by atoms with E-state index in [0.29, 0.717) is 38.8 Å². The van der Waals surface area contributed by atoms with Crippen molar-refractivity contribution < 1.29 is 23.9 Å². The van der Waals surface area contributed by atoms with E-state index in [-0.39, 0.29) is 43.3 Å². The molecular weight excluding hydrogens is 502 g/mol. The maximum atomic E-state index is 13.6. The van der Waals surface area contributed by atoms with Crippen LogP contribution >= 0.6 is 0 Å². The lowest BCUT2D eigenvalue weighted by Crippen LogP contribution is -2.56. The number of nitrogens with one attached hydrogen (secondary N) is 3. The Morgan fingerprint density at radius 3 is 2.46 bits per heavy atom. The van der Waals surface area contributed by atoms with Crippen LogP contribution in [0.2, 0.25) is 0 Å². The summed E-state index contributed by atoms with van der Waals surface area (Å²) in [5.41, 5.74) is 11.6. The molecule has 3 atom stereocenters. The van der Waals surface area contributed by atoms with Gasteiger partial charge >= 0.3 is 6.09 Å². The molecule has 216 valence electrons. The number of likely N-dealkylation sites (tertiary alicyclic amines) is 1. The summed E-state index contributed by atoms with van der Waals surface area (Å²) in [6.07, 6.45) is 1.53. The topological polar surface area (TPSA) is 181 Å². The number of nitrogens with two attached hydrogens (primary N) is 2. The molecule has 7 N–H and O–H groups in total. The third-order valence-electron chi connectivity index (χ3n) is 6.28. The molecule has 1 aromatic rings. The van der Waals surface area contributed by atoms with Crippen LogP contribution in [0.1, 0.15) is 58.4 Å². The minimum absolute atomic E-state index is 0.0603. The van der Waals surface area contributed by atoms with Crippen LogP contribution in [0.3, 0.4) is 0 Å². The zero-order chi connectivity index (χ0) is 28.8. The second-order valence-electron chi connectivity index (χ2n) is 9.98. The van der Waals surface area contributed by atoms with Crippen molar-refractivity contribution in [1.82, 2.24) is 20.9 Å². The number of ether oxygens (including phenoxy) is 1. The predicted octanol–water partition coefficient (Wildman–Crippen LogP) is 0.993. The summed E-state index contributed by atoms with van der Waals surface area (Å²) in [5.74, 6) is -1.06. The number of hydrogen-bond donors (Lipinski definition) is 5. The van der Waals surface area contributed by atoms with Gasteiger partial charge in [-0.25, -0.2) is 4.79 Å². The Balaban J connectivity index is 2.13. The Morgan fingerprint density at radius 2 is 1.82 bits per heavy atom. The van der Waals surface area contributed by atoms with Gasteiger partial charge in [-0.15, -0.1) is 0 Å². The van der Waals surface area contributed by atoms with Crippen molar-refractivity contribution in [2.24, 2.45) is 22.4 Å². The van der Waals surface area contributed by atoms with Crippen molar-refractivity contribution in [2.45, 2.75) is 77.6 Å². The maximum absolute atomic E-state index is 13.6. The highest BCUT2D eigenvalue weighted by atomic mass is 16.5. The van der Waals surface area contributed by atoms with Crippen LogP contribution in [-0.2, 0) is 25.7 Å². The van der Waals surface area contributed by atoms with Crippen LogP contribution in [0.25, 0.3) is 0 Å². The number of nitrogens with zero attached hydrogens (tertiary/aromatic N) is 2. The van der Waals surface area contributed by atoms with Crippen molar-refractivity contribution in [3.8, 4) is 0 Å². The first-order valence-electron chi connectivity index (χ1n) is 13.5. The fourth-order valence-corrected chi connectivity index (χ4v) is 4.44. The summed E-state index contributed by atoms with van der Waals surface area (Å²) in [6.45, 7) is 6.89. The molecule has 0 spiro atoms. The number of amides is 4. The second kappa shape index (κ2) is 16.2. The van der Waals surface area contributed by atoms with Gasteiger partial charge < -0.3 is 37.1 Å². The van der Waals surface area contributed by atoms with E-state index in [2.05, 4.69) is 20.9 Å². The minimum atomic E-state index is -0.918. The number of carbonyl (C=O) groups is 4. The van der Waals surface area contributed by atoms with E-state index in [1.54, 1.807) is 0 Å². The molecule has 39 heavy (non-hydrogen) atoms. The Labute approximate surface area is 230 Å². The molecule has 0 aliphatic carbocycles. The highest BCUT2D eigenvalue weighted by molar-refractivity contribution is 5.94. The number of guanidine groups is 1. The first-order valence-corrected chi connectivity index (χ1v) is 13.5. The summed E-state index contributed by atoms with van der Waals surface area (Å²) in [7, 11) is 0. The monoisotopic (exact) mass is 545 g/mol. The second-order valence-corrected chi connectivity index (χ2v) is 9.98. The molecule has 0 bridgehead atoms. The predicted molar refractivity (Wildman–Crippen MR) is 148 cm³/mol. The summed E-state index contributed by atoms with van der Waals surface area (Å²) in [6, 6.07) is 6.78. The van der Waals surface area contributed by atoms with E-state index in [1.807, 2.05) is 51.1 Å². The fourth-order valence-electron chi connectivity index (χ4n) is 4.44. The third kappa shape index (κ3) is 10.8. The Kier molecular flexibility index (Phi) is 13.0. The smallest absolute Gasteiger partial charge is 0.408 e. The largest absolute Gasteiger partial charge is 0.445 e. The SMILES string of the molecule is CCNC(=O)[C@@H]1CCCN1C(=O)[C@H](CCCN=C(N)N)NC(=O)[C@H](CC(C)C)NC(=O)OCc1ccccc1. The van der Waals surface area contributed by atoms with Crippen LogP contribution in [0.15, 0.2) is 35.3 Å². The Hall–Kier alpha value is -3.83. The van der Waals surface area contributed by atoms with Gasteiger partial charge in [0.2, 0.25) is 17.7 Å². The Bertz CT molecular complexity index is 982. The van der Waals surface area contributed by atoms with Crippen molar-refractivity contribution in [3.05, 3.63) is 35.9 Å². The summed E-state index contributed by atoms with van der Waals surface area (Å²) in [5, 5.41) is 8.23. The molecule has 12 heteroatoms. The molecule has 1 aromatic carbocycles. The maximum Gasteiger partial charge on any atom is 0.408 e. The third-order valence-corrected chi connectivity index (χ3v) is 6.28. The van der Waals surface area contributed by atoms with Gasteiger partial charge in [0.05, 0.1) is 0 Å². The van der Waals surface area contributed by atoms with E-state index < -0.39 is 30.1 Å². The van der Waals surface area contributed by atoms with E-state index in [4.69, 9.17) is 16.2 Å². The number of alkyl carbamates (subject to hydrolysis) is 1. The molecule has 1 heterocycles. The standard InChI is InChI=1S/C27H43N7O5/c1-4-30-24(36)22-13-9-15-34(22)25(37)20(12-8-14-31-26(28)29)32-23(35)21(16-18(2)3)33-27(38)39-17-19-10-6-5-7-11-19/h5-7,10-11,18,20-22H,4,8-9,12-17H2,1-3H3,(H,30,36)(H,32,35)(H,33,38)(H4,28,29,31)/t20-,21-,22-/m0/s1. The normalized spacial score (nSPS) is 16.2. The number of hydrogen-bond acceptors (Lipinski definition) is 6. The van der Waals surface area contributed by atoms with Crippen LogP contribution in [0, 0.1) is 5.92 Å².